The minimum atomic E-state index is -0.836. The molecule has 186 valence electrons. The van der Waals surface area contributed by atoms with Gasteiger partial charge >= 0.3 is 5.97 Å². The summed E-state index contributed by atoms with van der Waals surface area (Å²) in [4.78, 5) is 40.6. The fraction of sp³-hybridized carbons (Fsp3) is 0.654. The van der Waals surface area contributed by atoms with Crippen molar-refractivity contribution in [3.63, 3.8) is 0 Å². The van der Waals surface area contributed by atoms with Gasteiger partial charge in [-0.3, -0.25) is 14.4 Å². The Kier molecular flexibility index (Phi) is 7.76. The largest absolute Gasteiger partial charge is 0.480 e. The Hall–Kier alpha value is -2.61. The van der Waals surface area contributed by atoms with Gasteiger partial charge in [-0.05, 0) is 81.5 Å². The van der Waals surface area contributed by atoms with Gasteiger partial charge in [0.1, 0.15) is 6.54 Å². The number of likely N-dealkylation sites (N-methyl/N-ethyl adjacent to an activating group) is 2. The number of carboxylic acids is 1. The van der Waals surface area contributed by atoms with Gasteiger partial charge in [0.05, 0.1) is 6.54 Å². The summed E-state index contributed by atoms with van der Waals surface area (Å²) in [7, 11) is 0. The Morgan fingerprint density at radius 1 is 1.12 bits per heavy atom. The normalized spacial score (nSPS) is 24.3. The zero-order chi connectivity index (χ0) is 24.2. The summed E-state index contributed by atoms with van der Waals surface area (Å²) in [5.41, 5.74) is 2.59. The number of carbonyl (C=O) groups is 3. The van der Waals surface area contributed by atoms with Gasteiger partial charge in [0.15, 0.2) is 0 Å². The van der Waals surface area contributed by atoms with Crippen molar-refractivity contribution in [3.05, 3.63) is 29.3 Å². The van der Waals surface area contributed by atoms with E-state index in [-0.39, 0.29) is 36.9 Å². The molecule has 2 fully saturated rings. The average molecular weight is 472 g/mol. The smallest absolute Gasteiger partial charge is 0.323 e. The molecule has 0 radical (unpaired) electrons. The van der Waals surface area contributed by atoms with Gasteiger partial charge in [-0.2, -0.15) is 0 Å². The summed E-state index contributed by atoms with van der Waals surface area (Å²) in [5.74, 6) is 0.315. The standard InChI is InChI=1S/C26H37N3O5/c1-3-27-24(30)15-28(4-2)26(33)19-6-8-23-21(14-19)20-13-18(17-9-11-34-12-10-17)5-7-22(20)29(23)16-25(31)32/h6,8,14,17-18,20,22H,3-5,7,9-13,15-16H2,1-2H3,(H,27,30)(H,31,32). The molecule has 1 saturated carbocycles. The third-order valence-electron chi connectivity index (χ3n) is 7.85. The van der Waals surface area contributed by atoms with E-state index in [9.17, 15) is 19.5 Å². The molecular weight excluding hydrogens is 434 g/mol. The Morgan fingerprint density at radius 3 is 2.56 bits per heavy atom. The van der Waals surface area contributed by atoms with Crippen LogP contribution in [0.1, 0.15) is 67.8 Å². The van der Waals surface area contributed by atoms with E-state index in [2.05, 4.69) is 5.32 Å². The summed E-state index contributed by atoms with van der Waals surface area (Å²) in [6, 6.07) is 5.81. The fourth-order valence-electron chi connectivity index (χ4n) is 6.22. The van der Waals surface area contributed by atoms with Crippen LogP contribution in [0.4, 0.5) is 5.69 Å². The number of fused-ring (bicyclic) bond motifs is 3. The minimum Gasteiger partial charge on any atom is -0.480 e. The maximum atomic E-state index is 13.3. The van der Waals surface area contributed by atoms with Gasteiger partial charge in [0.2, 0.25) is 5.91 Å². The number of rotatable bonds is 8. The van der Waals surface area contributed by atoms with Gasteiger partial charge in [0, 0.05) is 49.5 Å². The Balaban J connectivity index is 1.59. The number of hydrogen-bond donors (Lipinski definition) is 2. The molecule has 34 heavy (non-hydrogen) atoms. The Labute approximate surface area is 201 Å². The first-order chi connectivity index (χ1) is 16.4. The highest BCUT2D eigenvalue weighted by molar-refractivity contribution is 5.97. The summed E-state index contributed by atoms with van der Waals surface area (Å²) in [6.07, 6.45) is 5.29. The lowest BCUT2D eigenvalue weighted by molar-refractivity contribution is -0.135. The molecule has 1 aromatic carbocycles. The fourth-order valence-corrected chi connectivity index (χ4v) is 6.22. The molecule has 0 aromatic heterocycles. The van der Waals surface area contributed by atoms with Gasteiger partial charge in [0.25, 0.3) is 5.91 Å². The summed E-state index contributed by atoms with van der Waals surface area (Å²) in [5, 5.41) is 12.3. The third kappa shape index (κ3) is 5.06. The van der Waals surface area contributed by atoms with Crippen molar-refractivity contribution in [3.8, 4) is 0 Å². The van der Waals surface area contributed by atoms with Gasteiger partial charge in [-0.1, -0.05) is 0 Å². The van der Waals surface area contributed by atoms with E-state index in [1.54, 1.807) is 11.0 Å². The van der Waals surface area contributed by atoms with E-state index in [1.807, 2.05) is 30.9 Å². The SMILES string of the molecule is CCNC(=O)CN(CC)C(=O)c1ccc2c(c1)C1CC(C3CCOCC3)CCC1N2CC(=O)O. The number of anilines is 1. The van der Waals surface area contributed by atoms with Gasteiger partial charge in [-0.25, -0.2) is 0 Å². The molecule has 1 saturated heterocycles. The maximum absolute atomic E-state index is 13.3. The second-order valence-electron chi connectivity index (χ2n) is 9.76. The highest BCUT2D eigenvalue weighted by atomic mass is 16.5. The first-order valence-electron chi connectivity index (χ1n) is 12.7. The van der Waals surface area contributed by atoms with Crippen LogP contribution in [0.5, 0.6) is 0 Å². The summed E-state index contributed by atoms with van der Waals surface area (Å²) in [6.45, 7) is 6.35. The molecule has 0 bridgehead atoms. The zero-order valence-corrected chi connectivity index (χ0v) is 20.3. The maximum Gasteiger partial charge on any atom is 0.323 e. The number of carboxylic acid groups (broad SMARTS) is 1. The first-order valence-corrected chi connectivity index (χ1v) is 12.7. The number of nitrogens with one attached hydrogen (secondary N) is 1. The molecule has 8 nitrogen and oxygen atoms in total. The number of aliphatic carboxylic acids is 1. The molecule has 3 atom stereocenters. The second kappa shape index (κ2) is 10.8. The van der Waals surface area contributed by atoms with Crippen molar-refractivity contribution in [2.24, 2.45) is 11.8 Å². The predicted octanol–water partition coefficient (Wildman–Crippen LogP) is 2.87. The van der Waals surface area contributed by atoms with Crippen LogP contribution in [-0.4, -0.2) is 73.2 Å². The molecule has 4 rings (SSSR count). The van der Waals surface area contributed by atoms with Crippen LogP contribution in [0.25, 0.3) is 0 Å². The van der Waals surface area contributed by atoms with E-state index < -0.39 is 5.97 Å². The predicted molar refractivity (Wildman–Crippen MR) is 129 cm³/mol. The number of amides is 2. The van der Waals surface area contributed by atoms with Crippen LogP contribution in [0, 0.1) is 11.8 Å². The van der Waals surface area contributed by atoms with E-state index in [1.165, 1.54) is 0 Å². The quantitative estimate of drug-likeness (QED) is 0.605. The van der Waals surface area contributed by atoms with E-state index in [0.29, 0.717) is 30.5 Å². The van der Waals surface area contributed by atoms with E-state index >= 15 is 0 Å². The number of carbonyl (C=O) groups excluding carboxylic acids is 2. The lowest BCUT2D eigenvalue weighted by Crippen LogP contribution is -2.42. The number of benzene rings is 1. The van der Waals surface area contributed by atoms with E-state index in [4.69, 9.17) is 4.74 Å². The number of hydrogen-bond acceptors (Lipinski definition) is 5. The highest BCUT2D eigenvalue weighted by Gasteiger charge is 2.44. The van der Waals surface area contributed by atoms with Crippen molar-refractivity contribution in [1.29, 1.82) is 0 Å². The summed E-state index contributed by atoms with van der Waals surface area (Å²) >= 11 is 0. The first kappa shape index (κ1) is 24.5. The van der Waals surface area contributed by atoms with Crippen LogP contribution < -0.4 is 10.2 Å². The molecule has 1 aromatic rings. The van der Waals surface area contributed by atoms with Crippen molar-refractivity contribution < 1.29 is 24.2 Å². The molecule has 2 amide bonds. The summed E-state index contributed by atoms with van der Waals surface area (Å²) < 4.78 is 5.57. The van der Waals surface area contributed by atoms with E-state index in [0.717, 1.165) is 56.6 Å². The zero-order valence-electron chi connectivity index (χ0n) is 20.3. The van der Waals surface area contributed by atoms with Gasteiger partial charge < -0.3 is 25.0 Å². The highest BCUT2D eigenvalue weighted by Crippen LogP contribution is 2.51. The lowest BCUT2D eigenvalue weighted by Gasteiger charge is -2.40. The van der Waals surface area contributed by atoms with Gasteiger partial charge in [-0.15, -0.1) is 0 Å². The Morgan fingerprint density at radius 2 is 1.88 bits per heavy atom. The molecule has 2 N–H and O–H groups in total. The van der Waals surface area contributed by atoms with Crippen LogP contribution in [0.3, 0.4) is 0 Å². The third-order valence-corrected chi connectivity index (χ3v) is 7.85. The molecule has 2 heterocycles. The molecular formula is C26H37N3O5. The average Bonchev–Trinajstić information content (AvgIpc) is 3.14. The van der Waals surface area contributed by atoms with Crippen LogP contribution in [0.2, 0.25) is 0 Å². The van der Waals surface area contributed by atoms with Crippen molar-refractivity contribution in [2.75, 3.05) is 44.3 Å². The molecule has 0 spiro atoms. The number of nitrogens with zero attached hydrogens (tertiary/aromatic N) is 2. The van der Waals surface area contributed by atoms with Crippen molar-refractivity contribution in [1.82, 2.24) is 10.2 Å². The number of ether oxygens (including phenoxy) is 1. The second-order valence-corrected chi connectivity index (χ2v) is 9.76. The molecule has 1 aliphatic carbocycles. The van der Waals surface area contributed by atoms with Crippen LogP contribution >= 0.6 is 0 Å². The molecule has 3 unspecified atom stereocenters. The monoisotopic (exact) mass is 471 g/mol. The molecule has 3 aliphatic rings. The van der Waals surface area contributed by atoms with Crippen LogP contribution in [0.15, 0.2) is 18.2 Å². The van der Waals surface area contributed by atoms with Crippen molar-refractivity contribution >= 4 is 23.5 Å². The molecule has 2 aliphatic heterocycles. The van der Waals surface area contributed by atoms with Crippen LogP contribution in [-0.2, 0) is 14.3 Å². The Bertz CT molecular complexity index is 914. The minimum absolute atomic E-state index is 0.0261. The lowest BCUT2D eigenvalue weighted by atomic mass is 9.70. The van der Waals surface area contributed by atoms with Crippen molar-refractivity contribution in [2.45, 2.75) is 57.9 Å². The molecule has 8 heteroatoms. The topological polar surface area (TPSA) is 99.2 Å².